The molecule has 0 atom stereocenters. The van der Waals surface area contributed by atoms with E-state index in [4.69, 9.17) is 15.2 Å². The molecule has 0 heterocycles. The molecular weight excluding hydrogens is 334 g/mol. The van der Waals surface area contributed by atoms with Gasteiger partial charge in [0.05, 0.1) is 26.3 Å². The topological polar surface area (TPSA) is 103 Å². The summed E-state index contributed by atoms with van der Waals surface area (Å²) in [6, 6.07) is 5.04. The van der Waals surface area contributed by atoms with Crippen LogP contribution in [0.3, 0.4) is 0 Å². The SMILES string of the molecule is COc1cc(NC(=O)CNC(=O)C2(N)CCCC2)cc(OC)c1.Cl. The summed E-state index contributed by atoms with van der Waals surface area (Å²) < 4.78 is 10.3. The average molecular weight is 358 g/mol. The van der Waals surface area contributed by atoms with Crippen molar-refractivity contribution in [3.63, 3.8) is 0 Å². The van der Waals surface area contributed by atoms with Crippen LogP contribution in [-0.4, -0.2) is 38.1 Å². The van der Waals surface area contributed by atoms with Crippen LogP contribution < -0.4 is 25.8 Å². The Bertz CT molecular complexity index is 566. The molecular formula is C16H24ClN3O4. The van der Waals surface area contributed by atoms with Crippen molar-refractivity contribution in [3.8, 4) is 11.5 Å². The van der Waals surface area contributed by atoms with Crippen LogP contribution in [0.15, 0.2) is 18.2 Å². The quantitative estimate of drug-likeness (QED) is 0.715. The maximum absolute atomic E-state index is 12.1. The molecule has 1 aliphatic carbocycles. The molecule has 0 spiro atoms. The Kier molecular flexibility index (Phi) is 7.31. The van der Waals surface area contributed by atoms with Crippen LogP contribution in [0.25, 0.3) is 0 Å². The minimum absolute atomic E-state index is 0. The van der Waals surface area contributed by atoms with Crippen LogP contribution in [0, 0.1) is 0 Å². The normalized spacial score (nSPS) is 15.1. The van der Waals surface area contributed by atoms with Gasteiger partial charge in [0.15, 0.2) is 0 Å². The van der Waals surface area contributed by atoms with Crippen molar-refractivity contribution in [1.29, 1.82) is 0 Å². The zero-order valence-corrected chi connectivity index (χ0v) is 14.7. The Morgan fingerprint density at radius 2 is 1.67 bits per heavy atom. The van der Waals surface area contributed by atoms with Gasteiger partial charge in [0.2, 0.25) is 11.8 Å². The van der Waals surface area contributed by atoms with E-state index in [0.717, 1.165) is 12.8 Å². The Morgan fingerprint density at radius 1 is 1.12 bits per heavy atom. The smallest absolute Gasteiger partial charge is 0.243 e. The number of hydrogen-bond donors (Lipinski definition) is 3. The summed E-state index contributed by atoms with van der Waals surface area (Å²) >= 11 is 0. The van der Waals surface area contributed by atoms with Crippen molar-refractivity contribution in [1.82, 2.24) is 5.32 Å². The third-order valence-corrected chi connectivity index (χ3v) is 3.99. The highest BCUT2D eigenvalue weighted by Crippen LogP contribution is 2.27. The second kappa shape index (κ2) is 8.75. The van der Waals surface area contributed by atoms with Crippen LogP contribution in [0.1, 0.15) is 25.7 Å². The van der Waals surface area contributed by atoms with Crippen LogP contribution in [0.4, 0.5) is 5.69 Å². The van der Waals surface area contributed by atoms with Crippen LogP contribution in [0.5, 0.6) is 11.5 Å². The van der Waals surface area contributed by atoms with Gasteiger partial charge in [-0.15, -0.1) is 12.4 Å². The summed E-state index contributed by atoms with van der Waals surface area (Å²) in [6.45, 7) is -0.128. The van der Waals surface area contributed by atoms with E-state index in [2.05, 4.69) is 10.6 Å². The Labute approximate surface area is 147 Å². The number of ether oxygens (including phenoxy) is 2. The predicted molar refractivity (Wildman–Crippen MR) is 93.8 cm³/mol. The molecule has 0 aromatic heterocycles. The molecule has 134 valence electrons. The molecule has 4 N–H and O–H groups in total. The molecule has 1 aliphatic rings. The van der Waals surface area contributed by atoms with Gasteiger partial charge >= 0.3 is 0 Å². The molecule has 0 aliphatic heterocycles. The number of rotatable bonds is 6. The molecule has 2 amide bonds. The molecule has 0 unspecified atom stereocenters. The van der Waals surface area contributed by atoms with Crippen molar-refractivity contribution in [2.24, 2.45) is 5.73 Å². The van der Waals surface area contributed by atoms with E-state index >= 15 is 0 Å². The summed E-state index contributed by atoms with van der Waals surface area (Å²) in [6.07, 6.45) is 3.21. The minimum Gasteiger partial charge on any atom is -0.497 e. The highest BCUT2D eigenvalue weighted by Gasteiger charge is 2.36. The van der Waals surface area contributed by atoms with E-state index in [1.165, 1.54) is 14.2 Å². The Balaban J connectivity index is 0.00000288. The van der Waals surface area contributed by atoms with Gasteiger partial charge in [-0.25, -0.2) is 0 Å². The third kappa shape index (κ3) is 5.01. The molecule has 1 aromatic rings. The van der Waals surface area contributed by atoms with Crippen molar-refractivity contribution in [2.45, 2.75) is 31.2 Å². The number of halogens is 1. The second-order valence-electron chi connectivity index (χ2n) is 5.70. The monoisotopic (exact) mass is 357 g/mol. The lowest BCUT2D eigenvalue weighted by Crippen LogP contribution is -2.53. The van der Waals surface area contributed by atoms with Crippen LogP contribution >= 0.6 is 12.4 Å². The van der Waals surface area contributed by atoms with E-state index < -0.39 is 5.54 Å². The zero-order valence-electron chi connectivity index (χ0n) is 13.9. The lowest BCUT2D eigenvalue weighted by Gasteiger charge is -2.22. The summed E-state index contributed by atoms with van der Waals surface area (Å²) in [7, 11) is 3.06. The number of carbonyl (C=O) groups is 2. The van der Waals surface area contributed by atoms with Gasteiger partial charge in [-0.05, 0) is 12.8 Å². The van der Waals surface area contributed by atoms with E-state index in [1.54, 1.807) is 18.2 Å². The van der Waals surface area contributed by atoms with E-state index in [1.807, 2.05) is 0 Å². The molecule has 8 heteroatoms. The van der Waals surface area contributed by atoms with E-state index in [9.17, 15) is 9.59 Å². The lowest BCUT2D eigenvalue weighted by atomic mass is 9.98. The van der Waals surface area contributed by atoms with Gasteiger partial charge in [-0.1, -0.05) is 12.8 Å². The summed E-state index contributed by atoms with van der Waals surface area (Å²) in [5.41, 5.74) is 5.74. The zero-order chi connectivity index (χ0) is 16.9. The number of hydrogen-bond acceptors (Lipinski definition) is 5. The van der Waals surface area contributed by atoms with Gasteiger partial charge in [-0.3, -0.25) is 9.59 Å². The first-order chi connectivity index (χ1) is 11.0. The highest BCUT2D eigenvalue weighted by atomic mass is 35.5. The number of nitrogens with two attached hydrogens (primary N) is 1. The number of methoxy groups -OCH3 is 2. The first-order valence-electron chi connectivity index (χ1n) is 7.57. The maximum atomic E-state index is 12.1. The molecule has 24 heavy (non-hydrogen) atoms. The lowest BCUT2D eigenvalue weighted by molar-refractivity contribution is -0.128. The fourth-order valence-corrected chi connectivity index (χ4v) is 2.65. The highest BCUT2D eigenvalue weighted by molar-refractivity contribution is 5.96. The first-order valence-corrected chi connectivity index (χ1v) is 7.57. The molecule has 0 bridgehead atoms. The maximum Gasteiger partial charge on any atom is 0.243 e. The van der Waals surface area contributed by atoms with Gasteiger partial charge in [0, 0.05) is 23.9 Å². The fraction of sp³-hybridized carbons (Fsp3) is 0.500. The molecule has 7 nitrogen and oxygen atoms in total. The Morgan fingerprint density at radius 3 is 2.17 bits per heavy atom. The number of carbonyl (C=O) groups excluding carboxylic acids is 2. The van der Waals surface area contributed by atoms with Gasteiger partial charge in [0.25, 0.3) is 0 Å². The van der Waals surface area contributed by atoms with Crippen LogP contribution in [0.2, 0.25) is 0 Å². The van der Waals surface area contributed by atoms with Gasteiger partial charge in [0.1, 0.15) is 11.5 Å². The first kappa shape index (κ1) is 20.1. The summed E-state index contributed by atoms with van der Waals surface area (Å²) in [4.78, 5) is 24.1. The van der Waals surface area contributed by atoms with E-state index in [0.29, 0.717) is 30.0 Å². The van der Waals surface area contributed by atoms with Crippen molar-refractivity contribution >= 4 is 29.9 Å². The minimum atomic E-state index is -0.834. The number of benzene rings is 1. The number of anilines is 1. The third-order valence-electron chi connectivity index (χ3n) is 3.99. The van der Waals surface area contributed by atoms with Gasteiger partial charge in [-0.2, -0.15) is 0 Å². The molecule has 1 saturated carbocycles. The average Bonchev–Trinajstić information content (AvgIpc) is 3.00. The summed E-state index contributed by atoms with van der Waals surface area (Å²) in [5, 5.41) is 5.30. The second-order valence-corrected chi connectivity index (χ2v) is 5.70. The number of amides is 2. The molecule has 2 rings (SSSR count). The Hall–Kier alpha value is -1.99. The summed E-state index contributed by atoms with van der Waals surface area (Å²) in [5.74, 6) is 0.523. The largest absolute Gasteiger partial charge is 0.497 e. The van der Waals surface area contributed by atoms with E-state index in [-0.39, 0.29) is 30.8 Å². The molecule has 0 saturated heterocycles. The molecule has 1 aromatic carbocycles. The van der Waals surface area contributed by atoms with Crippen molar-refractivity contribution in [2.75, 3.05) is 26.1 Å². The van der Waals surface area contributed by atoms with Crippen LogP contribution in [-0.2, 0) is 9.59 Å². The fourth-order valence-electron chi connectivity index (χ4n) is 2.65. The standard InChI is InChI=1S/C16H23N3O4.ClH/c1-22-12-7-11(8-13(9-12)23-2)19-14(20)10-18-15(21)16(17)5-3-4-6-16;/h7-9H,3-6,10,17H2,1-2H3,(H,18,21)(H,19,20);1H. The molecule has 1 fully saturated rings. The number of nitrogens with one attached hydrogen (secondary N) is 2. The van der Waals surface area contributed by atoms with Gasteiger partial charge < -0.3 is 25.8 Å². The van der Waals surface area contributed by atoms with Crippen molar-refractivity contribution < 1.29 is 19.1 Å². The van der Waals surface area contributed by atoms with Crippen molar-refractivity contribution in [3.05, 3.63) is 18.2 Å². The predicted octanol–water partition coefficient (Wildman–Crippen LogP) is 1.45. The molecule has 0 radical (unpaired) electrons.